The minimum Gasteiger partial charge on any atom is -0.497 e. The number of hydrogen-bond donors (Lipinski definition) is 2. The molecule has 11 nitrogen and oxygen atoms in total. The number of anilines is 2. The lowest BCUT2D eigenvalue weighted by molar-refractivity contribution is -0.139. The molecule has 1 aliphatic heterocycles. The van der Waals surface area contributed by atoms with Crippen molar-refractivity contribution in [3.05, 3.63) is 114 Å². The van der Waals surface area contributed by atoms with Gasteiger partial charge in [0.15, 0.2) is 0 Å². The average Bonchev–Trinajstić information content (AvgIpc) is 3.63. The molecule has 0 aliphatic carbocycles. The molecule has 0 bridgehead atoms. The molecule has 1 aliphatic rings. The number of fused-ring (bicyclic) bond motifs is 2. The summed E-state index contributed by atoms with van der Waals surface area (Å²) in [7, 11) is 4.56. The summed E-state index contributed by atoms with van der Waals surface area (Å²) in [4.78, 5) is 60.7. The maximum absolute atomic E-state index is 14.5. The molecule has 3 amide bonds. The SMILES string of the molecule is COc1ccc(CN(C(=O)CN2C(=O)C(=O)c3ccccc32)C(C(=O)Nc2ccc(OC)cc2OC)c2c[nH]c3ccccc23)cc1. The number of ether oxygens (including phenoxy) is 3. The number of carbonyl (C=O) groups excluding carboxylic acids is 4. The van der Waals surface area contributed by atoms with E-state index in [0.29, 0.717) is 39.8 Å². The van der Waals surface area contributed by atoms with E-state index in [2.05, 4.69) is 10.3 Å². The predicted octanol–water partition coefficient (Wildman–Crippen LogP) is 5.13. The summed E-state index contributed by atoms with van der Waals surface area (Å²) in [5, 5.41) is 3.68. The molecular weight excluding hydrogens is 600 g/mol. The van der Waals surface area contributed by atoms with Gasteiger partial charge < -0.3 is 29.4 Å². The van der Waals surface area contributed by atoms with Crippen LogP contribution < -0.4 is 24.4 Å². The Morgan fingerprint density at radius 2 is 1.55 bits per heavy atom. The number of nitrogens with one attached hydrogen (secondary N) is 2. The fourth-order valence-electron chi connectivity index (χ4n) is 5.76. The Labute approximate surface area is 270 Å². The van der Waals surface area contributed by atoms with Crippen LogP contribution in [0.5, 0.6) is 17.2 Å². The van der Waals surface area contributed by atoms with E-state index in [0.717, 1.165) is 15.8 Å². The van der Waals surface area contributed by atoms with Gasteiger partial charge in [-0.25, -0.2) is 0 Å². The van der Waals surface area contributed by atoms with Crippen LogP contribution in [0.1, 0.15) is 27.5 Å². The molecule has 5 aromatic rings. The van der Waals surface area contributed by atoms with Gasteiger partial charge in [0, 0.05) is 35.3 Å². The van der Waals surface area contributed by atoms with Crippen LogP contribution in [-0.4, -0.2) is 61.3 Å². The predicted molar refractivity (Wildman–Crippen MR) is 176 cm³/mol. The van der Waals surface area contributed by atoms with Gasteiger partial charge in [0.05, 0.1) is 38.3 Å². The fourth-order valence-corrected chi connectivity index (χ4v) is 5.76. The Kier molecular flexibility index (Phi) is 8.61. The highest BCUT2D eigenvalue weighted by Gasteiger charge is 2.40. The first kappa shape index (κ1) is 30.9. The maximum atomic E-state index is 14.5. The van der Waals surface area contributed by atoms with Crippen LogP contribution in [0.25, 0.3) is 10.9 Å². The van der Waals surface area contributed by atoms with Crippen LogP contribution in [-0.2, 0) is 20.9 Å². The number of Topliss-reactive ketones (excluding diaryl/α,β-unsaturated/α-hetero) is 1. The highest BCUT2D eigenvalue weighted by atomic mass is 16.5. The van der Waals surface area contributed by atoms with Crippen LogP contribution in [0.15, 0.2) is 97.2 Å². The topological polar surface area (TPSA) is 130 Å². The Balaban J connectivity index is 1.45. The first-order valence-corrected chi connectivity index (χ1v) is 14.8. The largest absolute Gasteiger partial charge is 0.497 e. The number of ketones is 1. The van der Waals surface area contributed by atoms with E-state index in [1.165, 1.54) is 19.1 Å². The highest BCUT2D eigenvalue weighted by Crippen LogP contribution is 2.35. The number of aromatic amines is 1. The van der Waals surface area contributed by atoms with Crippen molar-refractivity contribution in [1.29, 1.82) is 0 Å². The van der Waals surface area contributed by atoms with E-state index in [4.69, 9.17) is 14.2 Å². The molecule has 1 unspecified atom stereocenters. The van der Waals surface area contributed by atoms with Gasteiger partial charge in [0.2, 0.25) is 5.91 Å². The number of para-hydroxylation sites is 2. The number of carbonyl (C=O) groups is 4. The minimum absolute atomic E-state index is 0.00219. The van der Waals surface area contributed by atoms with E-state index >= 15 is 0 Å². The number of methoxy groups -OCH3 is 3. The smallest absolute Gasteiger partial charge is 0.299 e. The molecule has 2 N–H and O–H groups in total. The zero-order valence-corrected chi connectivity index (χ0v) is 26.0. The second-order valence-corrected chi connectivity index (χ2v) is 10.9. The fraction of sp³-hybridized carbons (Fsp3) is 0.167. The van der Waals surface area contributed by atoms with Crippen molar-refractivity contribution in [2.75, 3.05) is 38.1 Å². The van der Waals surface area contributed by atoms with Crippen molar-refractivity contribution in [3.8, 4) is 17.2 Å². The molecule has 238 valence electrons. The number of benzene rings is 4. The first-order chi connectivity index (χ1) is 22.8. The van der Waals surface area contributed by atoms with Crippen molar-refractivity contribution in [2.45, 2.75) is 12.6 Å². The monoisotopic (exact) mass is 632 g/mol. The Morgan fingerprint density at radius 1 is 0.851 bits per heavy atom. The van der Waals surface area contributed by atoms with E-state index in [1.807, 2.05) is 24.3 Å². The van der Waals surface area contributed by atoms with Crippen LogP contribution >= 0.6 is 0 Å². The highest BCUT2D eigenvalue weighted by molar-refractivity contribution is 6.52. The first-order valence-electron chi connectivity index (χ1n) is 14.8. The summed E-state index contributed by atoms with van der Waals surface area (Å²) >= 11 is 0. The van der Waals surface area contributed by atoms with Crippen molar-refractivity contribution in [2.24, 2.45) is 0 Å². The van der Waals surface area contributed by atoms with E-state index in [9.17, 15) is 19.2 Å². The molecule has 0 saturated carbocycles. The van der Waals surface area contributed by atoms with E-state index in [1.54, 1.807) is 80.0 Å². The molecule has 4 aromatic carbocycles. The molecule has 0 spiro atoms. The third-order valence-corrected chi connectivity index (χ3v) is 8.15. The molecule has 47 heavy (non-hydrogen) atoms. The molecule has 6 rings (SSSR count). The standard InChI is InChI=1S/C36H32N4O7/c1-45-23-14-12-22(13-15-23)20-40(32(41)21-39-30-11-7-5-9-26(30)34(42)36(39)44)33(27-19-37-28-10-6-4-8-25(27)28)35(43)38-29-17-16-24(46-2)18-31(29)47-3/h4-19,33,37H,20-21H2,1-3H3,(H,38,43). The Hall–Kier alpha value is -6.10. The summed E-state index contributed by atoms with van der Waals surface area (Å²) in [5.74, 6) is -1.04. The molecule has 1 atom stereocenters. The molecule has 0 saturated heterocycles. The van der Waals surface area contributed by atoms with Gasteiger partial charge in [-0.15, -0.1) is 0 Å². The molecule has 0 radical (unpaired) electrons. The Morgan fingerprint density at radius 3 is 2.30 bits per heavy atom. The lowest BCUT2D eigenvalue weighted by Gasteiger charge is -2.32. The van der Waals surface area contributed by atoms with Crippen molar-refractivity contribution in [1.82, 2.24) is 9.88 Å². The lowest BCUT2D eigenvalue weighted by atomic mass is 10.0. The summed E-state index contributed by atoms with van der Waals surface area (Å²) in [6, 6.07) is 24.9. The van der Waals surface area contributed by atoms with Gasteiger partial charge >= 0.3 is 0 Å². The second kappa shape index (κ2) is 13.1. The third-order valence-electron chi connectivity index (χ3n) is 8.15. The van der Waals surface area contributed by atoms with Crippen LogP contribution in [0.2, 0.25) is 0 Å². The molecular formula is C36H32N4O7. The van der Waals surface area contributed by atoms with Gasteiger partial charge in [-0.05, 0) is 48.0 Å². The van der Waals surface area contributed by atoms with Crippen LogP contribution in [0.3, 0.4) is 0 Å². The maximum Gasteiger partial charge on any atom is 0.299 e. The number of amides is 3. The number of H-pyrrole nitrogens is 1. The quantitative estimate of drug-likeness (QED) is 0.193. The number of rotatable bonds is 11. The van der Waals surface area contributed by atoms with Gasteiger partial charge in [0.1, 0.15) is 29.8 Å². The van der Waals surface area contributed by atoms with Gasteiger partial charge in [-0.3, -0.25) is 24.1 Å². The number of hydrogen-bond acceptors (Lipinski definition) is 7. The van der Waals surface area contributed by atoms with Crippen molar-refractivity contribution in [3.63, 3.8) is 0 Å². The van der Waals surface area contributed by atoms with Crippen molar-refractivity contribution >= 4 is 45.8 Å². The lowest BCUT2D eigenvalue weighted by Crippen LogP contribution is -2.46. The average molecular weight is 633 g/mol. The summed E-state index contributed by atoms with van der Waals surface area (Å²) in [6.07, 6.45) is 1.70. The molecule has 1 aromatic heterocycles. The Bertz CT molecular complexity index is 1990. The third kappa shape index (κ3) is 5.98. The molecule has 11 heteroatoms. The number of nitrogens with zero attached hydrogens (tertiary/aromatic N) is 2. The second-order valence-electron chi connectivity index (χ2n) is 10.9. The number of aromatic nitrogens is 1. The summed E-state index contributed by atoms with van der Waals surface area (Å²) in [6.45, 7) is -0.465. The van der Waals surface area contributed by atoms with Gasteiger partial charge in [0.25, 0.3) is 17.6 Å². The molecule has 0 fully saturated rings. The van der Waals surface area contributed by atoms with Gasteiger partial charge in [-0.1, -0.05) is 42.5 Å². The van der Waals surface area contributed by atoms with Crippen LogP contribution in [0.4, 0.5) is 11.4 Å². The minimum atomic E-state index is -1.18. The van der Waals surface area contributed by atoms with Gasteiger partial charge in [-0.2, -0.15) is 0 Å². The normalized spacial score (nSPS) is 12.9. The summed E-state index contributed by atoms with van der Waals surface area (Å²) < 4.78 is 16.2. The van der Waals surface area contributed by atoms with E-state index < -0.39 is 36.1 Å². The zero-order valence-electron chi connectivity index (χ0n) is 26.0. The van der Waals surface area contributed by atoms with E-state index in [-0.39, 0.29) is 12.1 Å². The summed E-state index contributed by atoms with van der Waals surface area (Å²) in [5.41, 5.74) is 2.96. The van der Waals surface area contributed by atoms with Crippen molar-refractivity contribution < 1.29 is 33.4 Å². The van der Waals surface area contributed by atoms with Crippen LogP contribution in [0, 0.1) is 0 Å². The zero-order chi connectivity index (χ0) is 33.1. The molecule has 2 heterocycles.